The van der Waals surface area contributed by atoms with Gasteiger partial charge in [0.2, 0.25) is 0 Å². The highest BCUT2D eigenvalue weighted by molar-refractivity contribution is 6.33. The minimum Gasteiger partial charge on any atom is -0.361 e. The number of rotatable bonds is 5. The monoisotopic (exact) mass is 225 g/mol. The Bertz CT molecular complexity index is 403. The highest BCUT2D eigenvalue weighted by Gasteiger charge is 2.10. The SMILES string of the molecule is C=CCN(CC=C)c1cn[nH]c(=O)c1Cl. The molecule has 0 radical (unpaired) electrons. The molecule has 1 aromatic heterocycles. The zero-order valence-electron chi connectivity index (χ0n) is 8.24. The van der Waals surface area contributed by atoms with Gasteiger partial charge < -0.3 is 4.90 Å². The van der Waals surface area contributed by atoms with Crippen LogP contribution in [0.2, 0.25) is 5.02 Å². The summed E-state index contributed by atoms with van der Waals surface area (Å²) in [5.41, 5.74) is 0.188. The van der Waals surface area contributed by atoms with E-state index in [4.69, 9.17) is 11.6 Å². The van der Waals surface area contributed by atoms with Crippen LogP contribution in [0.1, 0.15) is 0 Å². The number of nitrogens with one attached hydrogen (secondary N) is 1. The first kappa shape index (κ1) is 11.5. The van der Waals surface area contributed by atoms with Gasteiger partial charge in [-0.05, 0) is 0 Å². The summed E-state index contributed by atoms with van der Waals surface area (Å²) in [4.78, 5) is 13.1. The number of aromatic nitrogens is 2. The van der Waals surface area contributed by atoms with E-state index in [-0.39, 0.29) is 5.02 Å². The summed E-state index contributed by atoms with van der Waals surface area (Å²) in [5.74, 6) is 0. The second-order valence-corrected chi connectivity index (χ2v) is 3.26. The molecule has 0 bridgehead atoms. The molecule has 0 saturated carbocycles. The zero-order chi connectivity index (χ0) is 11.3. The molecule has 5 heteroatoms. The lowest BCUT2D eigenvalue weighted by Gasteiger charge is -2.21. The van der Waals surface area contributed by atoms with Gasteiger partial charge in [0.05, 0.1) is 11.9 Å². The number of anilines is 1. The Morgan fingerprint density at radius 3 is 2.60 bits per heavy atom. The van der Waals surface area contributed by atoms with Crippen LogP contribution in [-0.2, 0) is 0 Å². The van der Waals surface area contributed by atoms with Gasteiger partial charge in [-0.2, -0.15) is 5.10 Å². The summed E-state index contributed by atoms with van der Waals surface area (Å²) in [6.07, 6.45) is 4.96. The maximum absolute atomic E-state index is 11.2. The molecule has 80 valence electrons. The summed E-state index contributed by atoms with van der Waals surface area (Å²) < 4.78 is 0. The molecule has 0 amide bonds. The summed E-state index contributed by atoms with van der Waals surface area (Å²) in [6, 6.07) is 0. The van der Waals surface area contributed by atoms with Crippen LogP contribution in [0.25, 0.3) is 0 Å². The molecule has 4 nitrogen and oxygen atoms in total. The second kappa shape index (κ2) is 5.36. The first-order chi connectivity index (χ1) is 7.20. The fourth-order valence-electron chi connectivity index (χ4n) is 1.18. The second-order valence-electron chi connectivity index (χ2n) is 2.88. The largest absolute Gasteiger partial charge is 0.361 e. The van der Waals surface area contributed by atoms with Gasteiger partial charge in [0, 0.05) is 13.1 Å². The number of hydrogen-bond acceptors (Lipinski definition) is 3. The average molecular weight is 226 g/mol. The van der Waals surface area contributed by atoms with Crippen LogP contribution in [0.5, 0.6) is 0 Å². The first-order valence-electron chi connectivity index (χ1n) is 4.40. The lowest BCUT2D eigenvalue weighted by Crippen LogP contribution is -2.26. The number of hydrogen-bond donors (Lipinski definition) is 1. The van der Waals surface area contributed by atoms with Crippen LogP contribution in [0.15, 0.2) is 36.3 Å². The van der Waals surface area contributed by atoms with Gasteiger partial charge in [-0.15, -0.1) is 13.2 Å². The summed E-state index contributed by atoms with van der Waals surface area (Å²) >= 11 is 5.87. The molecule has 1 aromatic rings. The molecule has 0 unspecified atom stereocenters. The molecule has 1 heterocycles. The van der Waals surface area contributed by atoms with Crippen LogP contribution in [0.4, 0.5) is 5.69 Å². The summed E-state index contributed by atoms with van der Waals surface area (Å²) in [7, 11) is 0. The van der Waals surface area contributed by atoms with E-state index < -0.39 is 5.56 Å². The molecule has 0 atom stereocenters. The van der Waals surface area contributed by atoms with Crippen molar-refractivity contribution < 1.29 is 0 Å². The van der Waals surface area contributed by atoms with Crippen molar-refractivity contribution in [1.29, 1.82) is 0 Å². The van der Waals surface area contributed by atoms with Crippen molar-refractivity contribution in [3.8, 4) is 0 Å². The standard InChI is InChI=1S/C10H12ClN3O/c1-3-5-14(6-4-2)8-7-12-13-10(15)9(8)11/h3-4,7H,1-2,5-6H2,(H,13,15). The molecule has 0 fully saturated rings. The van der Waals surface area contributed by atoms with Gasteiger partial charge in [-0.25, -0.2) is 5.10 Å². The third-order valence-electron chi connectivity index (χ3n) is 1.82. The van der Waals surface area contributed by atoms with Crippen molar-refractivity contribution in [3.63, 3.8) is 0 Å². The van der Waals surface area contributed by atoms with E-state index in [2.05, 4.69) is 23.4 Å². The molecule has 0 aliphatic heterocycles. The Balaban J connectivity index is 3.09. The Kier molecular flexibility index (Phi) is 4.12. The summed E-state index contributed by atoms with van der Waals surface area (Å²) in [6.45, 7) is 8.43. The lowest BCUT2D eigenvalue weighted by atomic mass is 10.3. The van der Waals surface area contributed by atoms with E-state index in [1.165, 1.54) is 6.20 Å². The fraction of sp³-hybridized carbons (Fsp3) is 0.200. The van der Waals surface area contributed by atoms with Crippen molar-refractivity contribution in [3.05, 3.63) is 46.9 Å². The van der Waals surface area contributed by atoms with Crippen molar-refractivity contribution in [1.82, 2.24) is 10.2 Å². The van der Waals surface area contributed by atoms with Crippen LogP contribution in [0, 0.1) is 0 Å². The topological polar surface area (TPSA) is 49.0 Å². The van der Waals surface area contributed by atoms with E-state index in [0.29, 0.717) is 18.8 Å². The Hall–Kier alpha value is -1.55. The maximum atomic E-state index is 11.2. The van der Waals surface area contributed by atoms with Crippen LogP contribution in [0.3, 0.4) is 0 Å². The van der Waals surface area contributed by atoms with Gasteiger partial charge in [-0.3, -0.25) is 4.79 Å². The molecule has 1 N–H and O–H groups in total. The predicted octanol–water partition coefficient (Wildman–Crippen LogP) is 1.60. The maximum Gasteiger partial charge on any atom is 0.285 e. The third kappa shape index (κ3) is 2.70. The van der Waals surface area contributed by atoms with E-state index in [1.807, 2.05) is 4.90 Å². The highest BCUT2D eigenvalue weighted by atomic mass is 35.5. The minimum atomic E-state index is -0.396. The molecular weight excluding hydrogens is 214 g/mol. The molecular formula is C10H12ClN3O. The molecule has 0 aromatic carbocycles. The third-order valence-corrected chi connectivity index (χ3v) is 2.18. The van der Waals surface area contributed by atoms with Gasteiger partial charge in [-0.1, -0.05) is 23.8 Å². The normalized spacial score (nSPS) is 9.67. The Morgan fingerprint density at radius 1 is 1.47 bits per heavy atom. The van der Waals surface area contributed by atoms with E-state index in [9.17, 15) is 4.79 Å². The lowest BCUT2D eigenvalue weighted by molar-refractivity contribution is 0.914. The first-order valence-corrected chi connectivity index (χ1v) is 4.78. The number of aromatic amines is 1. The molecule has 0 aliphatic rings. The predicted molar refractivity (Wildman–Crippen MR) is 62.5 cm³/mol. The smallest absolute Gasteiger partial charge is 0.285 e. The molecule has 15 heavy (non-hydrogen) atoms. The van der Waals surface area contributed by atoms with Crippen LogP contribution in [-0.4, -0.2) is 23.3 Å². The number of halogens is 1. The molecule has 0 saturated heterocycles. The van der Waals surface area contributed by atoms with Gasteiger partial charge in [0.25, 0.3) is 5.56 Å². The van der Waals surface area contributed by atoms with Crippen LogP contribution < -0.4 is 10.5 Å². The number of H-pyrrole nitrogens is 1. The van der Waals surface area contributed by atoms with Gasteiger partial charge in [0.1, 0.15) is 5.02 Å². The van der Waals surface area contributed by atoms with E-state index in [0.717, 1.165) is 0 Å². The van der Waals surface area contributed by atoms with Crippen molar-refractivity contribution in [2.75, 3.05) is 18.0 Å². The van der Waals surface area contributed by atoms with Gasteiger partial charge >= 0.3 is 0 Å². The Morgan fingerprint density at radius 2 is 2.07 bits per heavy atom. The molecule has 0 spiro atoms. The zero-order valence-corrected chi connectivity index (χ0v) is 9.00. The molecule has 1 rings (SSSR count). The van der Waals surface area contributed by atoms with Crippen molar-refractivity contribution in [2.45, 2.75) is 0 Å². The minimum absolute atomic E-state index is 0.133. The van der Waals surface area contributed by atoms with Crippen molar-refractivity contribution in [2.24, 2.45) is 0 Å². The van der Waals surface area contributed by atoms with Gasteiger partial charge in [0.15, 0.2) is 0 Å². The fourth-order valence-corrected chi connectivity index (χ4v) is 1.39. The average Bonchev–Trinajstić information content (AvgIpc) is 2.22. The Labute approximate surface area is 92.9 Å². The van der Waals surface area contributed by atoms with E-state index in [1.54, 1.807) is 12.2 Å². The molecule has 0 aliphatic carbocycles. The van der Waals surface area contributed by atoms with Crippen LogP contribution >= 0.6 is 11.6 Å². The number of nitrogens with zero attached hydrogens (tertiary/aromatic N) is 2. The van der Waals surface area contributed by atoms with E-state index >= 15 is 0 Å². The van der Waals surface area contributed by atoms with Crippen molar-refractivity contribution >= 4 is 17.3 Å². The quantitative estimate of drug-likeness (QED) is 0.775. The highest BCUT2D eigenvalue weighted by Crippen LogP contribution is 2.19. The summed E-state index contributed by atoms with van der Waals surface area (Å²) in [5, 5.41) is 6.09.